The monoisotopic (exact) mass is 546 g/mol. The smallest absolute Gasteiger partial charge is 0.329 e. The summed E-state index contributed by atoms with van der Waals surface area (Å²) in [7, 11) is 0. The van der Waals surface area contributed by atoms with Crippen LogP contribution in [0.1, 0.15) is 81.0 Å². The van der Waals surface area contributed by atoms with Crippen LogP contribution in [0, 0.1) is 5.92 Å². The molecule has 1 saturated carbocycles. The Labute approximate surface area is 234 Å². The number of pyridine rings is 1. The minimum Gasteiger partial charge on any atom is -0.480 e. The molecule has 2 aromatic carbocycles. The Hall–Kier alpha value is -3.06. The van der Waals surface area contributed by atoms with Crippen molar-refractivity contribution >= 4 is 34.4 Å². The normalized spacial score (nSPS) is 17.7. The van der Waals surface area contributed by atoms with Gasteiger partial charge in [0.25, 0.3) is 5.91 Å². The van der Waals surface area contributed by atoms with Crippen LogP contribution in [0.2, 0.25) is 0 Å². The van der Waals surface area contributed by atoms with Gasteiger partial charge in [0.1, 0.15) is 22.7 Å². The molecule has 0 radical (unpaired) electrons. The molecule has 6 nitrogen and oxygen atoms in total. The van der Waals surface area contributed by atoms with E-state index in [1.54, 1.807) is 17.8 Å². The van der Waals surface area contributed by atoms with E-state index in [-0.39, 0.29) is 11.1 Å². The summed E-state index contributed by atoms with van der Waals surface area (Å²) in [6, 6.07) is 15.9. The number of fused-ring (bicyclic) bond motifs is 1. The second-order valence-electron chi connectivity index (χ2n) is 12.0. The predicted octanol–water partition coefficient (Wildman–Crippen LogP) is 7.14. The van der Waals surface area contributed by atoms with E-state index >= 15 is 0 Å². The highest BCUT2D eigenvalue weighted by Crippen LogP contribution is 2.34. The van der Waals surface area contributed by atoms with Gasteiger partial charge < -0.3 is 15.2 Å². The summed E-state index contributed by atoms with van der Waals surface area (Å²) < 4.78 is 6.22. The Kier molecular flexibility index (Phi) is 7.90. The van der Waals surface area contributed by atoms with E-state index in [1.807, 2.05) is 30.3 Å². The van der Waals surface area contributed by atoms with E-state index in [9.17, 15) is 14.7 Å². The fraction of sp³-hybridized carbons (Fsp3) is 0.469. The van der Waals surface area contributed by atoms with Crippen LogP contribution in [0.5, 0.6) is 11.5 Å². The molecule has 2 heterocycles. The van der Waals surface area contributed by atoms with Crippen LogP contribution in [0.25, 0.3) is 10.8 Å². The molecule has 0 unspecified atom stereocenters. The average Bonchev–Trinajstić information content (AvgIpc) is 3.42. The van der Waals surface area contributed by atoms with Gasteiger partial charge in [0.2, 0.25) is 0 Å². The van der Waals surface area contributed by atoms with E-state index in [4.69, 9.17) is 9.72 Å². The number of rotatable bonds is 7. The van der Waals surface area contributed by atoms with E-state index in [1.165, 1.54) is 18.4 Å². The number of nitrogens with one attached hydrogen (secondary N) is 1. The molecule has 2 aliphatic rings. The van der Waals surface area contributed by atoms with Crippen molar-refractivity contribution in [2.24, 2.45) is 5.92 Å². The molecule has 1 aromatic heterocycles. The van der Waals surface area contributed by atoms with Crippen molar-refractivity contribution in [1.29, 1.82) is 0 Å². The Morgan fingerprint density at radius 1 is 1.03 bits per heavy atom. The molecule has 1 aliphatic heterocycles. The first kappa shape index (κ1) is 27.5. The lowest BCUT2D eigenvalue weighted by Gasteiger charge is -2.33. The largest absolute Gasteiger partial charge is 0.480 e. The number of carbonyl (C=O) groups is 2. The Morgan fingerprint density at radius 3 is 2.33 bits per heavy atom. The van der Waals surface area contributed by atoms with Crippen LogP contribution in [-0.2, 0) is 16.6 Å². The topological polar surface area (TPSA) is 88.5 Å². The molecule has 1 saturated heterocycles. The van der Waals surface area contributed by atoms with Crippen molar-refractivity contribution < 1.29 is 19.4 Å². The molecule has 1 aliphatic carbocycles. The first-order valence-electron chi connectivity index (χ1n) is 14.0. The first-order valence-corrected chi connectivity index (χ1v) is 15.1. The van der Waals surface area contributed by atoms with Crippen LogP contribution in [0.4, 0.5) is 0 Å². The summed E-state index contributed by atoms with van der Waals surface area (Å²) in [4.78, 5) is 30.4. The Balaban J connectivity index is 1.45. The molecule has 206 valence electrons. The van der Waals surface area contributed by atoms with Crippen molar-refractivity contribution in [3.63, 3.8) is 0 Å². The third-order valence-corrected chi connectivity index (χ3v) is 9.12. The first-order chi connectivity index (χ1) is 18.6. The third-order valence-electron chi connectivity index (χ3n) is 8.14. The Bertz CT molecular complexity index is 1350. The number of hydrogen-bond donors (Lipinski definition) is 2. The van der Waals surface area contributed by atoms with Gasteiger partial charge in [-0.05, 0) is 83.4 Å². The predicted molar refractivity (Wildman–Crippen MR) is 157 cm³/mol. The van der Waals surface area contributed by atoms with Gasteiger partial charge in [-0.25, -0.2) is 9.78 Å². The van der Waals surface area contributed by atoms with Gasteiger partial charge in [-0.3, -0.25) is 4.79 Å². The molecule has 0 bridgehead atoms. The molecule has 2 N–H and O–H groups in total. The van der Waals surface area contributed by atoms with Gasteiger partial charge in [0.05, 0.1) is 0 Å². The van der Waals surface area contributed by atoms with Gasteiger partial charge in [0, 0.05) is 11.1 Å². The second kappa shape index (κ2) is 11.2. The van der Waals surface area contributed by atoms with E-state index < -0.39 is 17.4 Å². The van der Waals surface area contributed by atoms with Crippen LogP contribution in [0.15, 0.2) is 48.5 Å². The van der Waals surface area contributed by atoms with Crippen molar-refractivity contribution in [1.82, 2.24) is 10.3 Å². The van der Waals surface area contributed by atoms with Crippen LogP contribution in [-0.4, -0.2) is 39.0 Å². The lowest BCUT2D eigenvalue weighted by molar-refractivity contribution is -0.144. The number of hydrogen-bond acceptors (Lipinski definition) is 5. The summed E-state index contributed by atoms with van der Waals surface area (Å²) >= 11 is 1.72. The van der Waals surface area contributed by atoms with Crippen LogP contribution in [0.3, 0.4) is 0 Å². The summed E-state index contributed by atoms with van der Waals surface area (Å²) in [5, 5.41) is 14.7. The molecular weight excluding hydrogens is 508 g/mol. The highest BCUT2D eigenvalue weighted by Gasteiger charge is 2.41. The minimum atomic E-state index is -1.23. The van der Waals surface area contributed by atoms with E-state index in [2.05, 4.69) is 38.2 Å². The average molecular weight is 547 g/mol. The van der Waals surface area contributed by atoms with Gasteiger partial charge in [0.15, 0.2) is 0 Å². The molecule has 1 amide bonds. The zero-order valence-corrected chi connectivity index (χ0v) is 23.9. The lowest BCUT2D eigenvalue weighted by Crippen LogP contribution is -2.56. The SMILES string of the molecule is CC(C)(C)c1ccc(Oc2ccc3cc(C(=O)NC4(C(=O)O)CCSCC4)nc(CC4CCCC4)c3c2)cc1. The quantitative estimate of drug-likeness (QED) is 0.328. The molecule has 2 fully saturated rings. The number of nitrogens with zero attached hydrogens (tertiary/aromatic N) is 1. The van der Waals surface area contributed by atoms with Crippen molar-refractivity contribution in [2.75, 3.05) is 11.5 Å². The van der Waals surface area contributed by atoms with E-state index in [0.29, 0.717) is 30.3 Å². The maximum Gasteiger partial charge on any atom is 0.329 e. The number of amides is 1. The molecule has 5 rings (SSSR count). The van der Waals surface area contributed by atoms with Gasteiger partial charge >= 0.3 is 5.97 Å². The fourth-order valence-electron chi connectivity index (χ4n) is 5.67. The zero-order valence-electron chi connectivity index (χ0n) is 23.1. The van der Waals surface area contributed by atoms with Crippen LogP contribution >= 0.6 is 11.8 Å². The summed E-state index contributed by atoms with van der Waals surface area (Å²) in [6.07, 6.45) is 6.40. The summed E-state index contributed by atoms with van der Waals surface area (Å²) in [5.74, 6) is 2.07. The van der Waals surface area contributed by atoms with E-state index in [0.717, 1.165) is 47.2 Å². The summed E-state index contributed by atoms with van der Waals surface area (Å²) in [6.45, 7) is 6.57. The molecular formula is C32H38N2O4S. The molecule has 0 spiro atoms. The highest BCUT2D eigenvalue weighted by atomic mass is 32.2. The molecule has 39 heavy (non-hydrogen) atoms. The van der Waals surface area contributed by atoms with Gasteiger partial charge in [-0.1, -0.05) is 64.7 Å². The number of carboxylic acid groups (broad SMARTS) is 1. The number of thioether (sulfide) groups is 1. The lowest BCUT2D eigenvalue weighted by atomic mass is 9.87. The number of benzene rings is 2. The van der Waals surface area contributed by atoms with Crippen LogP contribution < -0.4 is 10.1 Å². The zero-order chi connectivity index (χ0) is 27.6. The molecule has 7 heteroatoms. The van der Waals surface area contributed by atoms with Crippen molar-refractivity contribution in [3.8, 4) is 11.5 Å². The second-order valence-corrected chi connectivity index (χ2v) is 13.2. The van der Waals surface area contributed by atoms with Crippen molar-refractivity contribution in [2.45, 2.75) is 76.7 Å². The number of aromatic nitrogens is 1. The number of ether oxygens (including phenoxy) is 1. The number of carbonyl (C=O) groups excluding carboxylic acids is 1. The third kappa shape index (κ3) is 6.24. The number of carboxylic acids is 1. The maximum absolute atomic E-state index is 13.4. The van der Waals surface area contributed by atoms with Crippen molar-refractivity contribution in [3.05, 3.63) is 65.5 Å². The molecule has 0 atom stereocenters. The van der Waals surface area contributed by atoms with Gasteiger partial charge in [-0.15, -0.1) is 0 Å². The standard InChI is InChI=1S/C32H38N2O4S/c1-31(2,3)23-9-12-24(13-10-23)38-25-11-8-22-19-28(29(35)34-32(30(36)37)14-16-39-17-15-32)33-27(26(22)20-25)18-21-6-4-5-7-21/h8-13,19-21H,4-7,14-18H2,1-3H3,(H,34,35)(H,36,37). The summed E-state index contributed by atoms with van der Waals surface area (Å²) in [5.41, 5.74) is 1.25. The number of aliphatic carboxylic acids is 1. The Morgan fingerprint density at radius 2 is 1.69 bits per heavy atom. The van der Waals surface area contributed by atoms with Gasteiger partial charge in [-0.2, -0.15) is 11.8 Å². The molecule has 3 aromatic rings. The highest BCUT2D eigenvalue weighted by molar-refractivity contribution is 7.99. The maximum atomic E-state index is 13.4. The minimum absolute atomic E-state index is 0.0757. The fourth-order valence-corrected chi connectivity index (χ4v) is 6.86.